The summed E-state index contributed by atoms with van der Waals surface area (Å²) >= 11 is 0. The Balaban J connectivity index is 2.93. The number of halogens is 1. The number of aromatic carboxylic acids is 1. The lowest BCUT2D eigenvalue weighted by molar-refractivity contribution is -0.386. The molecule has 116 valence electrons. The molecular formula is C13H17FN2O5. The predicted molar refractivity (Wildman–Crippen MR) is 73.3 cm³/mol. The van der Waals surface area contributed by atoms with Gasteiger partial charge >= 0.3 is 11.7 Å². The monoisotopic (exact) mass is 300 g/mol. The average molecular weight is 300 g/mol. The van der Waals surface area contributed by atoms with E-state index in [0.717, 1.165) is 19.2 Å². The SMILES string of the molecule is CCN(CC)CCOc1cc(F)c(C(=O)O)cc1[N+](=O)[O-]. The van der Waals surface area contributed by atoms with E-state index in [4.69, 9.17) is 9.84 Å². The fourth-order valence-electron chi connectivity index (χ4n) is 1.79. The largest absolute Gasteiger partial charge is 0.485 e. The van der Waals surface area contributed by atoms with Crippen LogP contribution in [-0.2, 0) is 0 Å². The van der Waals surface area contributed by atoms with E-state index < -0.39 is 28.0 Å². The summed E-state index contributed by atoms with van der Waals surface area (Å²) in [4.78, 5) is 22.9. The summed E-state index contributed by atoms with van der Waals surface area (Å²) in [6.07, 6.45) is 0. The smallest absolute Gasteiger partial charge is 0.338 e. The van der Waals surface area contributed by atoms with Crippen molar-refractivity contribution < 1.29 is 24.0 Å². The van der Waals surface area contributed by atoms with Crippen molar-refractivity contribution in [2.75, 3.05) is 26.2 Å². The van der Waals surface area contributed by atoms with Crippen molar-refractivity contribution in [3.05, 3.63) is 33.6 Å². The Bertz CT molecular complexity index is 532. The maximum Gasteiger partial charge on any atom is 0.338 e. The number of carboxylic acid groups (broad SMARTS) is 1. The Morgan fingerprint density at radius 1 is 1.43 bits per heavy atom. The van der Waals surface area contributed by atoms with Gasteiger partial charge in [-0.2, -0.15) is 0 Å². The number of nitro groups is 1. The van der Waals surface area contributed by atoms with Crippen molar-refractivity contribution in [1.29, 1.82) is 0 Å². The van der Waals surface area contributed by atoms with Crippen molar-refractivity contribution in [1.82, 2.24) is 4.90 Å². The van der Waals surface area contributed by atoms with Crippen molar-refractivity contribution in [3.63, 3.8) is 0 Å². The highest BCUT2D eigenvalue weighted by molar-refractivity contribution is 5.89. The fourth-order valence-corrected chi connectivity index (χ4v) is 1.79. The van der Waals surface area contributed by atoms with Gasteiger partial charge in [-0.25, -0.2) is 9.18 Å². The van der Waals surface area contributed by atoms with Crippen LogP contribution in [0.4, 0.5) is 10.1 Å². The van der Waals surface area contributed by atoms with E-state index in [9.17, 15) is 19.3 Å². The van der Waals surface area contributed by atoms with E-state index in [2.05, 4.69) is 0 Å². The maximum atomic E-state index is 13.6. The number of hydrogen-bond donors (Lipinski definition) is 1. The second-order valence-electron chi connectivity index (χ2n) is 4.24. The van der Waals surface area contributed by atoms with Crippen molar-refractivity contribution >= 4 is 11.7 Å². The molecule has 1 aromatic rings. The van der Waals surface area contributed by atoms with Gasteiger partial charge < -0.3 is 14.7 Å². The first kappa shape index (κ1) is 16.8. The lowest BCUT2D eigenvalue weighted by Gasteiger charge is -2.18. The van der Waals surface area contributed by atoms with Crippen molar-refractivity contribution in [2.24, 2.45) is 0 Å². The van der Waals surface area contributed by atoms with Gasteiger partial charge in [-0.3, -0.25) is 10.1 Å². The number of ether oxygens (including phenoxy) is 1. The Morgan fingerprint density at radius 3 is 2.52 bits per heavy atom. The molecule has 0 amide bonds. The number of nitrogens with zero attached hydrogens (tertiary/aromatic N) is 2. The van der Waals surface area contributed by atoms with E-state index in [1.165, 1.54) is 0 Å². The van der Waals surface area contributed by atoms with Gasteiger partial charge in [-0.1, -0.05) is 13.8 Å². The molecule has 0 aliphatic heterocycles. The van der Waals surface area contributed by atoms with E-state index in [-0.39, 0.29) is 12.4 Å². The van der Waals surface area contributed by atoms with Gasteiger partial charge in [-0.15, -0.1) is 0 Å². The molecule has 21 heavy (non-hydrogen) atoms. The lowest BCUT2D eigenvalue weighted by atomic mass is 10.1. The highest BCUT2D eigenvalue weighted by Crippen LogP contribution is 2.30. The maximum absolute atomic E-state index is 13.6. The van der Waals surface area contributed by atoms with Crippen LogP contribution in [-0.4, -0.2) is 47.1 Å². The second kappa shape index (κ2) is 7.53. The third kappa shape index (κ3) is 4.38. The summed E-state index contributed by atoms with van der Waals surface area (Å²) in [6.45, 7) is 6.21. The van der Waals surface area contributed by atoms with E-state index in [1.807, 2.05) is 18.7 Å². The minimum absolute atomic E-state index is 0.147. The first-order chi connectivity index (χ1) is 9.90. The van der Waals surface area contributed by atoms with Gasteiger partial charge in [0.05, 0.1) is 4.92 Å². The van der Waals surface area contributed by atoms with E-state index >= 15 is 0 Å². The molecule has 0 aliphatic carbocycles. The first-order valence-corrected chi connectivity index (χ1v) is 6.47. The second-order valence-corrected chi connectivity index (χ2v) is 4.24. The molecule has 0 saturated heterocycles. The molecule has 1 aromatic carbocycles. The molecule has 0 spiro atoms. The Labute approximate surface area is 121 Å². The Kier molecular flexibility index (Phi) is 6.04. The number of carboxylic acids is 1. The van der Waals surface area contributed by atoms with Crippen LogP contribution in [0.15, 0.2) is 12.1 Å². The fraction of sp³-hybridized carbons (Fsp3) is 0.462. The Hall–Kier alpha value is -2.22. The van der Waals surface area contributed by atoms with Gasteiger partial charge in [0.25, 0.3) is 0 Å². The van der Waals surface area contributed by atoms with Gasteiger partial charge in [0, 0.05) is 18.7 Å². The number of nitro benzene ring substituents is 1. The van der Waals surface area contributed by atoms with Crippen LogP contribution in [0.2, 0.25) is 0 Å². The molecule has 7 nitrogen and oxygen atoms in total. The summed E-state index contributed by atoms with van der Waals surface area (Å²) in [6, 6.07) is 1.41. The van der Waals surface area contributed by atoms with Crippen LogP contribution in [0.5, 0.6) is 5.75 Å². The molecule has 0 aromatic heterocycles. The number of carbonyl (C=O) groups is 1. The van der Waals surface area contributed by atoms with E-state index in [1.54, 1.807) is 0 Å². The first-order valence-electron chi connectivity index (χ1n) is 6.47. The van der Waals surface area contributed by atoms with Gasteiger partial charge in [0.15, 0.2) is 5.75 Å². The van der Waals surface area contributed by atoms with Gasteiger partial charge in [-0.05, 0) is 13.1 Å². The minimum Gasteiger partial charge on any atom is -0.485 e. The summed E-state index contributed by atoms with van der Waals surface area (Å²) < 4.78 is 18.8. The highest BCUT2D eigenvalue weighted by atomic mass is 19.1. The summed E-state index contributed by atoms with van der Waals surface area (Å²) in [7, 11) is 0. The minimum atomic E-state index is -1.56. The Morgan fingerprint density at radius 2 is 2.05 bits per heavy atom. The zero-order valence-electron chi connectivity index (χ0n) is 11.8. The quantitative estimate of drug-likeness (QED) is 0.584. The summed E-state index contributed by atoms with van der Waals surface area (Å²) in [5.74, 6) is -2.90. The van der Waals surface area contributed by atoms with Crippen LogP contribution in [0.25, 0.3) is 0 Å². The number of likely N-dealkylation sites (N-methyl/N-ethyl adjacent to an activating group) is 1. The molecule has 0 fully saturated rings. The molecule has 0 aliphatic rings. The summed E-state index contributed by atoms with van der Waals surface area (Å²) in [5.41, 5.74) is -1.31. The topological polar surface area (TPSA) is 92.9 Å². The summed E-state index contributed by atoms with van der Waals surface area (Å²) in [5, 5.41) is 19.7. The lowest BCUT2D eigenvalue weighted by Crippen LogP contribution is -2.28. The van der Waals surface area contributed by atoms with Crippen LogP contribution in [0.3, 0.4) is 0 Å². The van der Waals surface area contributed by atoms with Crippen molar-refractivity contribution in [3.8, 4) is 5.75 Å². The van der Waals surface area contributed by atoms with Crippen LogP contribution in [0.1, 0.15) is 24.2 Å². The van der Waals surface area contributed by atoms with Crippen molar-refractivity contribution in [2.45, 2.75) is 13.8 Å². The van der Waals surface area contributed by atoms with Gasteiger partial charge in [0.1, 0.15) is 18.0 Å². The molecule has 0 bridgehead atoms. The molecule has 0 unspecified atom stereocenters. The normalized spacial score (nSPS) is 10.7. The third-order valence-electron chi connectivity index (χ3n) is 3.04. The van der Waals surface area contributed by atoms with Gasteiger partial charge in [0.2, 0.25) is 0 Å². The molecular weight excluding hydrogens is 283 g/mol. The average Bonchev–Trinajstić information content (AvgIpc) is 2.42. The third-order valence-corrected chi connectivity index (χ3v) is 3.04. The molecule has 1 N–H and O–H groups in total. The zero-order chi connectivity index (χ0) is 16.0. The number of benzene rings is 1. The molecule has 0 radical (unpaired) electrons. The molecule has 0 atom stereocenters. The number of rotatable bonds is 8. The standard InChI is InChI=1S/C13H17FN2O5/c1-3-15(4-2)5-6-21-12-8-10(14)9(13(17)18)7-11(12)16(19)20/h7-8H,3-6H2,1-2H3,(H,17,18). The van der Waals surface area contributed by atoms with Crippen LogP contribution < -0.4 is 4.74 Å². The predicted octanol–water partition coefficient (Wildman–Crippen LogP) is 2.15. The molecule has 8 heteroatoms. The highest BCUT2D eigenvalue weighted by Gasteiger charge is 2.23. The number of hydrogen-bond acceptors (Lipinski definition) is 5. The van der Waals surface area contributed by atoms with E-state index in [0.29, 0.717) is 12.6 Å². The molecule has 0 heterocycles. The molecule has 0 saturated carbocycles. The van der Waals surface area contributed by atoms with Crippen LogP contribution >= 0.6 is 0 Å². The van der Waals surface area contributed by atoms with Crippen LogP contribution in [0, 0.1) is 15.9 Å². The molecule has 1 rings (SSSR count). The zero-order valence-corrected chi connectivity index (χ0v) is 11.8.